The Morgan fingerprint density at radius 2 is 1.90 bits per heavy atom. The Hall–Kier alpha value is -1.87. The third kappa shape index (κ3) is 4.27. The lowest BCUT2D eigenvalue weighted by Crippen LogP contribution is -2.50. The first-order valence-electron chi connectivity index (χ1n) is 10.7. The summed E-state index contributed by atoms with van der Waals surface area (Å²) in [6.45, 7) is 1.88. The Bertz CT molecular complexity index is 917. The van der Waals surface area contributed by atoms with Crippen molar-refractivity contribution >= 4 is 27.3 Å². The summed E-state index contributed by atoms with van der Waals surface area (Å²) in [6.07, 6.45) is 6.34. The van der Waals surface area contributed by atoms with Crippen LogP contribution in [0.5, 0.6) is 0 Å². The number of piperidine rings is 1. The Balaban J connectivity index is 1.49. The van der Waals surface area contributed by atoms with Crippen LogP contribution in [-0.2, 0) is 14.8 Å². The van der Waals surface area contributed by atoms with E-state index >= 15 is 0 Å². The van der Waals surface area contributed by atoms with Gasteiger partial charge in [-0.05, 0) is 57.1 Å². The van der Waals surface area contributed by atoms with Gasteiger partial charge in [0.05, 0.1) is 29.1 Å². The zero-order chi connectivity index (χ0) is 21.5. The lowest BCUT2D eigenvalue weighted by Gasteiger charge is -2.41. The molecule has 2 heterocycles. The van der Waals surface area contributed by atoms with Gasteiger partial charge >= 0.3 is 0 Å². The molecule has 3 aliphatic rings. The van der Waals surface area contributed by atoms with Crippen molar-refractivity contribution < 1.29 is 22.7 Å². The Morgan fingerprint density at radius 3 is 2.57 bits per heavy atom. The van der Waals surface area contributed by atoms with Gasteiger partial charge in [0.2, 0.25) is 15.9 Å². The fraction of sp³-hybridized carbons (Fsp3) is 0.667. The molecule has 1 aromatic rings. The van der Waals surface area contributed by atoms with Crippen LogP contribution in [0.4, 0.5) is 15.8 Å². The first-order valence-corrected chi connectivity index (χ1v) is 12.6. The van der Waals surface area contributed by atoms with Gasteiger partial charge in [0, 0.05) is 31.7 Å². The van der Waals surface area contributed by atoms with E-state index in [9.17, 15) is 22.7 Å². The average Bonchev–Trinajstić information content (AvgIpc) is 2.97. The highest BCUT2D eigenvalue weighted by Gasteiger charge is 2.50. The minimum Gasteiger partial charge on any atom is -0.393 e. The predicted octanol–water partition coefficient (Wildman–Crippen LogP) is 2.32. The van der Waals surface area contributed by atoms with Gasteiger partial charge in [-0.2, -0.15) is 0 Å². The van der Waals surface area contributed by atoms with Gasteiger partial charge in [0.15, 0.2) is 0 Å². The number of hydrogen-bond acceptors (Lipinski definition) is 5. The van der Waals surface area contributed by atoms with Gasteiger partial charge in [-0.15, -0.1) is 0 Å². The minimum absolute atomic E-state index is 0.171. The highest BCUT2D eigenvalue weighted by molar-refractivity contribution is 7.92. The molecule has 0 bridgehead atoms. The standard InChI is InChI=1S/C21H30FN3O4S/c1-30(28,29)23-15-3-8-19(18(22)13-15)24-11-2-9-21(14-24)10-12-25(20(21)27)16-4-6-17(26)7-5-16/h3,8,13,16-17,23,26H,2,4-7,9-12,14H2,1H3/t16-,17-,21?. The van der Waals surface area contributed by atoms with Gasteiger partial charge in [-0.3, -0.25) is 9.52 Å². The summed E-state index contributed by atoms with van der Waals surface area (Å²) in [4.78, 5) is 17.3. The number of halogens is 1. The van der Waals surface area contributed by atoms with Crippen LogP contribution < -0.4 is 9.62 Å². The van der Waals surface area contributed by atoms with E-state index in [4.69, 9.17) is 0 Å². The van der Waals surface area contributed by atoms with E-state index in [1.165, 1.54) is 6.07 Å². The normalized spacial score (nSPS) is 30.2. The molecule has 30 heavy (non-hydrogen) atoms. The highest BCUT2D eigenvalue weighted by atomic mass is 32.2. The van der Waals surface area contributed by atoms with E-state index in [1.54, 1.807) is 12.1 Å². The van der Waals surface area contributed by atoms with Crippen molar-refractivity contribution in [2.75, 3.05) is 35.5 Å². The molecule has 2 aliphatic heterocycles. The average molecular weight is 440 g/mol. The third-order valence-corrected chi connectivity index (χ3v) is 7.43. The number of aliphatic hydroxyl groups excluding tert-OH is 1. The number of nitrogens with zero attached hydrogens (tertiary/aromatic N) is 2. The quantitative estimate of drug-likeness (QED) is 0.752. The maximum atomic E-state index is 14.8. The van der Waals surface area contributed by atoms with Gasteiger partial charge in [-0.25, -0.2) is 12.8 Å². The van der Waals surface area contributed by atoms with Crippen LogP contribution in [0.3, 0.4) is 0 Å². The smallest absolute Gasteiger partial charge is 0.230 e. The molecule has 9 heteroatoms. The van der Waals surface area contributed by atoms with Crippen LogP contribution in [0, 0.1) is 11.2 Å². The van der Waals surface area contributed by atoms with Crippen molar-refractivity contribution in [2.24, 2.45) is 5.41 Å². The summed E-state index contributed by atoms with van der Waals surface area (Å²) in [5.41, 5.74) is 0.109. The molecule has 2 saturated heterocycles. The number of sulfonamides is 1. The zero-order valence-corrected chi connectivity index (χ0v) is 18.1. The summed E-state index contributed by atoms with van der Waals surface area (Å²) < 4.78 is 39.8. The van der Waals surface area contributed by atoms with E-state index in [2.05, 4.69) is 4.72 Å². The van der Waals surface area contributed by atoms with Crippen LogP contribution >= 0.6 is 0 Å². The Labute approximate surface area is 177 Å². The predicted molar refractivity (Wildman–Crippen MR) is 113 cm³/mol. The van der Waals surface area contributed by atoms with E-state index in [-0.39, 0.29) is 23.7 Å². The number of hydrogen-bond donors (Lipinski definition) is 2. The van der Waals surface area contributed by atoms with Crippen LogP contribution in [0.2, 0.25) is 0 Å². The van der Waals surface area contributed by atoms with Crippen molar-refractivity contribution in [2.45, 2.75) is 57.1 Å². The van der Waals surface area contributed by atoms with Crippen LogP contribution in [-0.4, -0.2) is 62.4 Å². The lowest BCUT2D eigenvalue weighted by molar-refractivity contribution is -0.139. The zero-order valence-electron chi connectivity index (χ0n) is 17.3. The van der Waals surface area contributed by atoms with E-state index in [0.717, 1.165) is 57.7 Å². The van der Waals surface area contributed by atoms with E-state index in [1.807, 2.05) is 9.80 Å². The number of benzene rings is 1. The maximum absolute atomic E-state index is 14.8. The number of amides is 1. The molecule has 1 aromatic carbocycles. The lowest BCUT2D eigenvalue weighted by atomic mass is 9.78. The SMILES string of the molecule is CS(=O)(=O)Nc1ccc(N2CCCC3(CCN([C@H]4CC[C@H](O)CC4)C3=O)C2)c(F)c1. The molecule has 1 unspecified atom stereocenters. The molecular weight excluding hydrogens is 409 g/mol. The van der Waals surface area contributed by atoms with Crippen molar-refractivity contribution in [3.8, 4) is 0 Å². The van der Waals surface area contributed by atoms with Crippen molar-refractivity contribution in [1.29, 1.82) is 0 Å². The molecule has 0 radical (unpaired) electrons. The number of carbonyl (C=O) groups is 1. The van der Waals surface area contributed by atoms with E-state index in [0.29, 0.717) is 18.8 Å². The topological polar surface area (TPSA) is 90.0 Å². The Morgan fingerprint density at radius 1 is 1.17 bits per heavy atom. The first-order chi connectivity index (χ1) is 14.2. The Kier molecular flexibility index (Phi) is 5.69. The summed E-state index contributed by atoms with van der Waals surface area (Å²) in [7, 11) is -3.47. The fourth-order valence-corrected chi connectivity index (χ4v) is 5.88. The highest BCUT2D eigenvalue weighted by Crippen LogP contribution is 2.43. The summed E-state index contributed by atoms with van der Waals surface area (Å²) in [6, 6.07) is 4.53. The summed E-state index contributed by atoms with van der Waals surface area (Å²) in [5, 5.41) is 9.76. The van der Waals surface area contributed by atoms with Crippen molar-refractivity contribution in [1.82, 2.24) is 4.90 Å². The molecule has 4 rings (SSSR count). The molecule has 3 fully saturated rings. The number of anilines is 2. The summed E-state index contributed by atoms with van der Waals surface area (Å²) >= 11 is 0. The molecule has 7 nitrogen and oxygen atoms in total. The number of carbonyl (C=O) groups excluding carboxylic acids is 1. The molecule has 1 spiro atoms. The maximum Gasteiger partial charge on any atom is 0.230 e. The number of nitrogens with one attached hydrogen (secondary N) is 1. The van der Waals surface area contributed by atoms with Crippen LogP contribution in [0.1, 0.15) is 44.9 Å². The number of likely N-dealkylation sites (tertiary alicyclic amines) is 1. The van der Waals surface area contributed by atoms with Gasteiger partial charge in [-0.1, -0.05) is 0 Å². The van der Waals surface area contributed by atoms with Gasteiger partial charge in [0.1, 0.15) is 5.82 Å². The first kappa shape index (κ1) is 21.4. The molecule has 2 N–H and O–H groups in total. The third-order valence-electron chi connectivity index (χ3n) is 6.82. The molecular formula is C21H30FN3O4S. The molecule has 166 valence electrons. The van der Waals surface area contributed by atoms with Crippen molar-refractivity contribution in [3.05, 3.63) is 24.0 Å². The molecule has 1 aliphatic carbocycles. The monoisotopic (exact) mass is 439 g/mol. The summed E-state index contributed by atoms with van der Waals surface area (Å²) in [5.74, 6) is -0.325. The number of aliphatic hydroxyl groups is 1. The van der Waals surface area contributed by atoms with Crippen molar-refractivity contribution in [3.63, 3.8) is 0 Å². The van der Waals surface area contributed by atoms with Crippen LogP contribution in [0.25, 0.3) is 0 Å². The minimum atomic E-state index is -3.47. The largest absolute Gasteiger partial charge is 0.393 e. The second-order valence-electron chi connectivity index (χ2n) is 9.06. The molecule has 1 atom stereocenters. The molecule has 1 amide bonds. The fourth-order valence-electron chi connectivity index (χ4n) is 5.32. The van der Waals surface area contributed by atoms with Gasteiger partial charge in [0.25, 0.3) is 0 Å². The van der Waals surface area contributed by atoms with Crippen LogP contribution in [0.15, 0.2) is 18.2 Å². The van der Waals surface area contributed by atoms with Gasteiger partial charge < -0.3 is 14.9 Å². The molecule has 1 saturated carbocycles. The van der Waals surface area contributed by atoms with E-state index < -0.39 is 21.3 Å². The second kappa shape index (κ2) is 8.00. The molecule has 0 aromatic heterocycles. The second-order valence-corrected chi connectivity index (χ2v) is 10.8. The number of rotatable bonds is 4.